The average molecular weight is 393 g/mol. The molecule has 0 radical (unpaired) electrons. The smallest absolute Gasteiger partial charge is 0.0831 e. The van der Waals surface area contributed by atoms with Gasteiger partial charge in [-0.15, -0.1) is 0 Å². The highest BCUT2D eigenvalue weighted by Crippen LogP contribution is 2.35. The number of allylic oxidation sites excluding steroid dienone is 1. The number of hydrogen-bond acceptors (Lipinski definition) is 2. The van der Waals surface area contributed by atoms with Gasteiger partial charge in [0.15, 0.2) is 0 Å². The quantitative estimate of drug-likeness (QED) is 0.465. The first-order chi connectivity index (χ1) is 13.2. The van der Waals surface area contributed by atoms with Gasteiger partial charge in [-0.3, -0.25) is 5.01 Å². The maximum atomic E-state index is 6.07. The molecule has 0 aliphatic carbocycles. The molecule has 0 spiro atoms. The van der Waals surface area contributed by atoms with Gasteiger partial charge in [0.2, 0.25) is 0 Å². The Labute approximate surface area is 169 Å². The van der Waals surface area contributed by atoms with Gasteiger partial charge in [0.05, 0.1) is 17.4 Å². The van der Waals surface area contributed by atoms with E-state index >= 15 is 0 Å². The lowest BCUT2D eigenvalue weighted by atomic mass is 10.0. The van der Waals surface area contributed by atoms with E-state index in [2.05, 4.69) is 41.4 Å². The lowest BCUT2D eigenvalue weighted by Crippen LogP contribution is -2.18. The lowest BCUT2D eigenvalue weighted by molar-refractivity contribution is 0.709. The van der Waals surface area contributed by atoms with Crippen LogP contribution in [0.4, 0.5) is 5.69 Å². The number of benzene rings is 3. The molecule has 0 saturated heterocycles. The first kappa shape index (κ1) is 17.8. The second-order valence-electron chi connectivity index (χ2n) is 6.43. The molecule has 1 aliphatic heterocycles. The zero-order chi connectivity index (χ0) is 18.6. The average Bonchev–Trinajstić information content (AvgIpc) is 3.13. The van der Waals surface area contributed by atoms with Crippen LogP contribution in [-0.2, 0) is 0 Å². The highest BCUT2D eigenvalue weighted by Gasteiger charge is 2.28. The maximum absolute atomic E-state index is 6.07. The van der Waals surface area contributed by atoms with Crippen molar-refractivity contribution in [1.82, 2.24) is 0 Å². The molecule has 4 rings (SSSR count). The first-order valence-electron chi connectivity index (χ1n) is 8.80. The van der Waals surface area contributed by atoms with Crippen molar-refractivity contribution in [3.63, 3.8) is 0 Å². The minimum atomic E-state index is 0.148. The molecule has 1 aliphatic rings. The van der Waals surface area contributed by atoms with Crippen molar-refractivity contribution >= 4 is 40.7 Å². The van der Waals surface area contributed by atoms with Crippen LogP contribution in [0.1, 0.15) is 23.6 Å². The summed E-state index contributed by atoms with van der Waals surface area (Å²) in [5.74, 6) is 0. The zero-order valence-corrected chi connectivity index (χ0v) is 16.1. The van der Waals surface area contributed by atoms with Gasteiger partial charge in [-0.25, -0.2) is 0 Å². The van der Waals surface area contributed by atoms with Crippen molar-refractivity contribution in [3.05, 3.63) is 106 Å². The molecule has 2 nitrogen and oxygen atoms in total. The molecular weight excluding hydrogens is 375 g/mol. The van der Waals surface area contributed by atoms with Crippen molar-refractivity contribution < 1.29 is 0 Å². The van der Waals surface area contributed by atoms with E-state index in [1.165, 1.54) is 5.56 Å². The van der Waals surface area contributed by atoms with Crippen molar-refractivity contribution in [2.45, 2.75) is 12.5 Å². The summed E-state index contributed by atoms with van der Waals surface area (Å²) >= 11 is 12.0. The third kappa shape index (κ3) is 4.24. The fourth-order valence-electron chi connectivity index (χ4n) is 3.16. The van der Waals surface area contributed by atoms with Crippen LogP contribution in [0.15, 0.2) is 90.0 Å². The Balaban J connectivity index is 1.63. The summed E-state index contributed by atoms with van der Waals surface area (Å²) in [6.07, 6.45) is 4.98. The molecule has 0 amide bonds. The summed E-state index contributed by atoms with van der Waals surface area (Å²) in [4.78, 5) is 0. The van der Waals surface area contributed by atoms with Crippen LogP contribution in [0.25, 0.3) is 6.08 Å². The van der Waals surface area contributed by atoms with Gasteiger partial charge in [0, 0.05) is 16.5 Å². The Bertz CT molecular complexity index is 962. The number of hydrazone groups is 1. The monoisotopic (exact) mass is 392 g/mol. The van der Waals surface area contributed by atoms with E-state index in [0.29, 0.717) is 0 Å². The van der Waals surface area contributed by atoms with Gasteiger partial charge < -0.3 is 0 Å². The van der Waals surface area contributed by atoms with E-state index in [4.69, 9.17) is 28.3 Å². The number of nitrogens with zero attached hydrogens (tertiary/aromatic N) is 2. The molecule has 4 heteroatoms. The molecule has 1 atom stereocenters. The van der Waals surface area contributed by atoms with Gasteiger partial charge in [0.25, 0.3) is 0 Å². The predicted molar refractivity (Wildman–Crippen MR) is 116 cm³/mol. The van der Waals surface area contributed by atoms with E-state index in [-0.39, 0.29) is 6.04 Å². The fourth-order valence-corrected chi connectivity index (χ4v) is 3.42. The van der Waals surface area contributed by atoms with Gasteiger partial charge in [-0.05, 0) is 53.6 Å². The molecule has 0 saturated carbocycles. The van der Waals surface area contributed by atoms with Crippen molar-refractivity contribution in [1.29, 1.82) is 0 Å². The molecule has 1 heterocycles. The van der Waals surface area contributed by atoms with Crippen LogP contribution >= 0.6 is 23.2 Å². The first-order valence-corrected chi connectivity index (χ1v) is 9.55. The Morgan fingerprint density at radius 3 is 2.07 bits per heavy atom. The topological polar surface area (TPSA) is 15.6 Å². The van der Waals surface area contributed by atoms with Crippen molar-refractivity contribution in [3.8, 4) is 0 Å². The lowest BCUT2D eigenvalue weighted by Gasteiger charge is -2.24. The van der Waals surface area contributed by atoms with Gasteiger partial charge in [0.1, 0.15) is 0 Å². The molecular formula is C23H18Cl2N2. The number of hydrogen-bond donors (Lipinski definition) is 0. The molecule has 0 aromatic heterocycles. The Kier molecular flexibility index (Phi) is 5.28. The molecule has 134 valence electrons. The largest absolute Gasteiger partial charge is 0.257 e. The van der Waals surface area contributed by atoms with Crippen LogP contribution in [0.3, 0.4) is 0 Å². The number of rotatable bonds is 4. The third-order valence-corrected chi connectivity index (χ3v) is 5.05. The van der Waals surface area contributed by atoms with Gasteiger partial charge in [-0.2, -0.15) is 5.10 Å². The van der Waals surface area contributed by atoms with E-state index in [1.807, 2.05) is 54.6 Å². The van der Waals surface area contributed by atoms with E-state index in [9.17, 15) is 0 Å². The third-order valence-electron chi connectivity index (χ3n) is 4.55. The summed E-state index contributed by atoms with van der Waals surface area (Å²) in [5.41, 5.74) is 4.41. The van der Waals surface area contributed by atoms with Crippen molar-refractivity contribution in [2.75, 3.05) is 5.01 Å². The van der Waals surface area contributed by atoms with Crippen molar-refractivity contribution in [2.24, 2.45) is 5.10 Å². The molecule has 3 aromatic carbocycles. The van der Waals surface area contributed by atoms with Crippen LogP contribution in [0.5, 0.6) is 0 Å². The van der Waals surface area contributed by atoms with Crippen LogP contribution in [0, 0.1) is 0 Å². The standard InChI is InChI=1S/C23H18Cl2N2/c24-19-11-6-17(7-12-19)8-15-21-16-23(18-9-13-20(25)14-10-18)27(26-21)22-4-2-1-3-5-22/h1-15,23H,16H2/b15-8+/t23-/m0/s1. The van der Waals surface area contributed by atoms with Gasteiger partial charge >= 0.3 is 0 Å². The summed E-state index contributed by atoms with van der Waals surface area (Å²) in [6.45, 7) is 0. The van der Waals surface area contributed by atoms with Crippen LogP contribution in [0.2, 0.25) is 10.0 Å². The molecule has 0 unspecified atom stereocenters. The molecule has 0 N–H and O–H groups in total. The number of halogens is 2. The molecule has 0 bridgehead atoms. The van der Waals surface area contributed by atoms with E-state index in [0.717, 1.165) is 33.4 Å². The Hall–Kier alpha value is -2.55. The highest BCUT2D eigenvalue weighted by molar-refractivity contribution is 6.30. The van der Waals surface area contributed by atoms with E-state index in [1.54, 1.807) is 0 Å². The highest BCUT2D eigenvalue weighted by atomic mass is 35.5. The summed E-state index contributed by atoms with van der Waals surface area (Å²) in [7, 11) is 0. The fraction of sp³-hybridized carbons (Fsp3) is 0.0870. The minimum absolute atomic E-state index is 0.148. The van der Waals surface area contributed by atoms with Crippen LogP contribution < -0.4 is 5.01 Å². The minimum Gasteiger partial charge on any atom is -0.257 e. The molecule has 3 aromatic rings. The molecule has 0 fully saturated rings. The van der Waals surface area contributed by atoms with E-state index < -0.39 is 0 Å². The van der Waals surface area contributed by atoms with Crippen LogP contribution in [-0.4, -0.2) is 5.71 Å². The van der Waals surface area contributed by atoms with Gasteiger partial charge in [-0.1, -0.05) is 71.7 Å². The Morgan fingerprint density at radius 2 is 1.41 bits per heavy atom. The second-order valence-corrected chi connectivity index (χ2v) is 7.30. The molecule has 27 heavy (non-hydrogen) atoms. The summed E-state index contributed by atoms with van der Waals surface area (Å²) < 4.78 is 0. The predicted octanol–water partition coefficient (Wildman–Crippen LogP) is 7.01. The normalized spacial score (nSPS) is 16.7. The SMILES string of the molecule is Clc1ccc(/C=C/C2=NN(c3ccccc3)[C@H](c3ccc(Cl)cc3)C2)cc1. The summed E-state index contributed by atoms with van der Waals surface area (Å²) in [5, 5.41) is 8.45. The number of para-hydroxylation sites is 1. The maximum Gasteiger partial charge on any atom is 0.0831 e. The zero-order valence-electron chi connectivity index (χ0n) is 14.6. The second kappa shape index (κ2) is 7.99. The Morgan fingerprint density at radius 1 is 0.778 bits per heavy atom. The number of anilines is 1. The summed E-state index contributed by atoms with van der Waals surface area (Å²) in [6, 6.07) is 26.2.